The van der Waals surface area contributed by atoms with Crippen LogP contribution in [0.15, 0.2) is 42.6 Å². The first-order valence-electron chi connectivity index (χ1n) is 11.9. The number of ether oxygens (including phenoxy) is 1. The number of unbranched alkanes of at least 4 members (excludes halogenated alkanes) is 2. The molecule has 1 aromatic heterocycles. The van der Waals surface area contributed by atoms with E-state index in [-0.39, 0.29) is 5.41 Å². The Morgan fingerprint density at radius 2 is 2.10 bits per heavy atom. The van der Waals surface area contributed by atoms with Gasteiger partial charge in [0.1, 0.15) is 18.0 Å². The zero-order valence-electron chi connectivity index (χ0n) is 19.0. The summed E-state index contributed by atoms with van der Waals surface area (Å²) in [5.74, 6) is 7.52. The molecule has 0 bridgehead atoms. The zero-order chi connectivity index (χ0) is 21.7. The molecule has 0 spiro atoms. The molecule has 1 fully saturated rings. The molecule has 2 aromatic rings. The molecular weight excluding hydrogens is 382 g/mol. The van der Waals surface area contributed by atoms with Crippen molar-refractivity contribution < 1.29 is 9.84 Å². The summed E-state index contributed by atoms with van der Waals surface area (Å²) in [5, 5.41) is 11.1. The minimum atomic E-state index is -0.809. The molecule has 1 saturated carbocycles. The van der Waals surface area contributed by atoms with Crippen LogP contribution in [0.2, 0.25) is 0 Å². The van der Waals surface area contributed by atoms with Gasteiger partial charge < -0.3 is 9.84 Å². The van der Waals surface area contributed by atoms with Crippen LogP contribution in [0.1, 0.15) is 82.0 Å². The molecule has 1 aromatic carbocycles. The summed E-state index contributed by atoms with van der Waals surface area (Å²) in [4.78, 5) is 4.36. The second-order valence-corrected chi connectivity index (χ2v) is 9.39. The average Bonchev–Trinajstić information content (AvgIpc) is 2.79. The molecule has 31 heavy (non-hydrogen) atoms. The van der Waals surface area contributed by atoms with Gasteiger partial charge in [-0.1, -0.05) is 44.2 Å². The summed E-state index contributed by atoms with van der Waals surface area (Å²) in [6.07, 6.45) is 11.5. The summed E-state index contributed by atoms with van der Waals surface area (Å²) in [5.41, 5.74) is 3.23. The highest BCUT2D eigenvalue weighted by molar-refractivity contribution is 5.44. The van der Waals surface area contributed by atoms with E-state index in [0.29, 0.717) is 12.5 Å². The van der Waals surface area contributed by atoms with E-state index in [0.717, 1.165) is 43.5 Å². The molecule has 0 aliphatic heterocycles. The Morgan fingerprint density at radius 3 is 2.87 bits per heavy atom. The van der Waals surface area contributed by atoms with E-state index >= 15 is 0 Å². The Bertz CT molecular complexity index is 944. The molecule has 4 rings (SSSR count). The van der Waals surface area contributed by atoms with E-state index in [1.54, 1.807) is 6.20 Å². The molecule has 164 valence electrons. The van der Waals surface area contributed by atoms with E-state index in [9.17, 15) is 5.11 Å². The first-order valence-corrected chi connectivity index (χ1v) is 11.9. The molecular formula is C28H35NO2. The maximum absolute atomic E-state index is 11.1. The van der Waals surface area contributed by atoms with Crippen molar-refractivity contribution in [3.8, 4) is 17.6 Å². The van der Waals surface area contributed by atoms with Crippen molar-refractivity contribution in [2.45, 2.75) is 89.3 Å². The molecule has 0 saturated heterocycles. The van der Waals surface area contributed by atoms with Gasteiger partial charge in [-0.25, -0.2) is 0 Å². The molecule has 3 heteroatoms. The number of aliphatic hydroxyl groups is 1. The predicted octanol–water partition coefficient (Wildman–Crippen LogP) is 5.98. The summed E-state index contributed by atoms with van der Waals surface area (Å²) < 4.78 is 6.07. The van der Waals surface area contributed by atoms with Crippen LogP contribution in [0.4, 0.5) is 0 Å². The molecule has 2 aliphatic rings. The number of fused-ring (bicyclic) bond motifs is 3. The van der Waals surface area contributed by atoms with E-state index in [2.05, 4.69) is 41.9 Å². The van der Waals surface area contributed by atoms with E-state index in [1.807, 2.05) is 25.1 Å². The standard InChI is InChI=1S/C28H35NO2/c1-3-5-7-15-28-17-16-27(30,14-4-2)20-23(28)11-10-22-19-25(12-13-26(22)28)31-21-24-9-6-8-18-29-24/h6,8-9,12-13,18-19,23,30H,3,5,7,10-11,15-17,20-21H2,1-2H3/t23-,27-,28-/m1/s1. The van der Waals surface area contributed by atoms with Crippen LogP contribution in [0.5, 0.6) is 5.75 Å². The summed E-state index contributed by atoms with van der Waals surface area (Å²) in [6, 6.07) is 12.6. The van der Waals surface area contributed by atoms with Gasteiger partial charge in [-0.05, 0) is 92.2 Å². The number of pyridine rings is 1. The van der Waals surface area contributed by atoms with Gasteiger partial charge in [0.25, 0.3) is 0 Å². The van der Waals surface area contributed by atoms with Crippen molar-refractivity contribution in [3.05, 3.63) is 59.4 Å². The van der Waals surface area contributed by atoms with Crippen LogP contribution in [0.3, 0.4) is 0 Å². The molecule has 1 N–H and O–H groups in total. The van der Waals surface area contributed by atoms with Crippen molar-refractivity contribution in [2.24, 2.45) is 5.92 Å². The van der Waals surface area contributed by atoms with Crippen LogP contribution in [-0.4, -0.2) is 15.7 Å². The summed E-state index contributed by atoms with van der Waals surface area (Å²) in [7, 11) is 0. The SMILES string of the molecule is CC#C[C@@]1(O)CC[C@@]2(CCCCC)c3ccc(OCc4ccccn4)cc3CC[C@@H]2C1. The molecule has 2 aliphatic carbocycles. The van der Waals surface area contributed by atoms with Crippen molar-refractivity contribution >= 4 is 0 Å². The van der Waals surface area contributed by atoms with Gasteiger partial charge in [0.05, 0.1) is 5.69 Å². The third kappa shape index (κ3) is 4.65. The molecule has 3 atom stereocenters. The van der Waals surface area contributed by atoms with Crippen LogP contribution < -0.4 is 4.74 Å². The number of hydrogen-bond acceptors (Lipinski definition) is 3. The first kappa shape index (κ1) is 21.9. The highest BCUT2D eigenvalue weighted by Gasteiger charge is 2.50. The Hall–Kier alpha value is -2.31. The van der Waals surface area contributed by atoms with Gasteiger partial charge >= 0.3 is 0 Å². The minimum Gasteiger partial charge on any atom is -0.487 e. The fourth-order valence-corrected chi connectivity index (χ4v) is 5.90. The van der Waals surface area contributed by atoms with Gasteiger partial charge in [0.2, 0.25) is 0 Å². The fraction of sp³-hybridized carbons (Fsp3) is 0.536. The summed E-state index contributed by atoms with van der Waals surface area (Å²) in [6.45, 7) is 4.60. The second kappa shape index (κ2) is 9.45. The Labute approximate surface area is 187 Å². The van der Waals surface area contributed by atoms with Crippen LogP contribution in [-0.2, 0) is 18.4 Å². The molecule has 0 radical (unpaired) electrons. The number of rotatable bonds is 7. The number of nitrogens with zero attached hydrogens (tertiary/aromatic N) is 1. The maximum Gasteiger partial charge on any atom is 0.130 e. The number of hydrogen-bond donors (Lipinski definition) is 1. The van der Waals surface area contributed by atoms with Gasteiger partial charge in [0.15, 0.2) is 0 Å². The second-order valence-electron chi connectivity index (χ2n) is 9.39. The number of benzene rings is 1. The van der Waals surface area contributed by atoms with E-state index < -0.39 is 5.60 Å². The predicted molar refractivity (Wildman–Crippen MR) is 125 cm³/mol. The van der Waals surface area contributed by atoms with Gasteiger partial charge in [-0.3, -0.25) is 4.98 Å². The lowest BCUT2D eigenvalue weighted by Crippen LogP contribution is -2.49. The lowest BCUT2D eigenvalue weighted by Gasteiger charge is -2.52. The van der Waals surface area contributed by atoms with Gasteiger partial charge in [-0.15, -0.1) is 5.92 Å². The molecule has 0 amide bonds. The number of aromatic nitrogens is 1. The zero-order valence-corrected chi connectivity index (χ0v) is 19.0. The third-order valence-corrected chi connectivity index (χ3v) is 7.42. The monoisotopic (exact) mass is 417 g/mol. The van der Waals surface area contributed by atoms with Crippen LogP contribution >= 0.6 is 0 Å². The Balaban J connectivity index is 1.59. The van der Waals surface area contributed by atoms with Crippen molar-refractivity contribution in [3.63, 3.8) is 0 Å². The Morgan fingerprint density at radius 1 is 1.19 bits per heavy atom. The lowest BCUT2D eigenvalue weighted by molar-refractivity contribution is -0.0115. The smallest absolute Gasteiger partial charge is 0.130 e. The van der Waals surface area contributed by atoms with E-state index in [4.69, 9.17) is 4.74 Å². The normalized spacial score (nSPS) is 26.9. The maximum atomic E-state index is 11.1. The van der Waals surface area contributed by atoms with Crippen molar-refractivity contribution in [1.82, 2.24) is 4.98 Å². The number of aryl methyl sites for hydroxylation is 1. The van der Waals surface area contributed by atoms with Gasteiger partial charge in [0, 0.05) is 6.20 Å². The van der Waals surface area contributed by atoms with Crippen molar-refractivity contribution in [1.29, 1.82) is 0 Å². The molecule has 3 nitrogen and oxygen atoms in total. The minimum absolute atomic E-state index is 0.171. The third-order valence-electron chi connectivity index (χ3n) is 7.42. The molecule has 1 heterocycles. The van der Waals surface area contributed by atoms with Crippen LogP contribution in [0, 0.1) is 17.8 Å². The highest BCUT2D eigenvalue weighted by Crippen LogP contribution is 2.55. The fourth-order valence-electron chi connectivity index (χ4n) is 5.90. The lowest BCUT2D eigenvalue weighted by atomic mass is 9.53. The molecule has 0 unspecified atom stereocenters. The summed E-state index contributed by atoms with van der Waals surface area (Å²) >= 11 is 0. The van der Waals surface area contributed by atoms with Crippen molar-refractivity contribution in [2.75, 3.05) is 0 Å². The van der Waals surface area contributed by atoms with Gasteiger partial charge in [-0.2, -0.15) is 0 Å². The first-order chi connectivity index (χ1) is 15.1. The van der Waals surface area contributed by atoms with E-state index in [1.165, 1.54) is 36.8 Å². The highest BCUT2D eigenvalue weighted by atomic mass is 16.5. The largest absolute Gasteiger partial charge is 0.487 e. The Kier molecular flexibility index (Phi) is 6.68. The van der Waals surface area contributed by atoms with Crippen LogP contribution in [0.25, 0.3) is 0 Å². The average molecular weight is 418 g/mol. The topological polar surface area (TPSA) is 42.4 Å². The quantitative estimate of drug-likeness (QED) is 0.445.